The fourth-order valence-electron chi connectivity index (χ4n) is 2.28. The number of methoxy groups -OCH3 is 1. The van der Waals surface area contributed by atoms with Crippen molar-refractivity contribution in [3.8, 4) is 5.75 Å². The maximum absolute atomic E-state index is 12.2. The topological polar surface area (TPSA) is 77.3 Å². The second-order valence-corrected chi connectivity index (χ2v) is 6.16. The third-order valence-corrected chi connectivity index (χ3v) is 4.29. The fourth-order valence-corrected chi connectivity index (χ4v) is 3.14. The molecule has 2 aromatic heterocycles. The van der Waals surface area contributed by atoms with Crippen LogP contribution in [-0.4, -0.2) is 23.2 Å². The Kier molecular flexibility index (Phi) is 4.57. The minimum atomic E-state index is -0.136. The van der Waals surface area contributed by atoms with Gasteiger partial charge in [0.25, 0.3) is 0 Å². The summed E-state index contributed by atoms with van der Waals surface area (Å²) in [5, 5.41) is 13.2. The zero-order valence-corrected chi connectivity index (χ0v) is 13.8. The minimum absolute atomic E-state index is 0.136. The summed E-state index contributed by atoms with van der Waals surface area (Å²) in [4.78, 5) is 12.2. The molecule has 0 aliphatic rings. The molecule has 3 aromatic rings. The van der Waals surface area contributed by atoms with Gasteiger partial charge in [0.05, 0.1) is 19.8 Å². The summed E-state index contributed by atoms with van der Waals surface area (Å²) in [6, 6.07) is 5.55. The number of benzene rings is 1. The molecule has 0 aliphatic carbocycles. The molecule has 0 radical (unpaired) electrons. The summed E-state index contributed by atoms with van der Waals surface area (Å²) in [5.41, 5.74) is 1.53. The van der Waals surface area contributed by atoms with Gasteiger partial charge >= 0.3 is 0 Å². The predicted octanol–water partition coefficient (Wildman–Crippen LogP) is 3.43. The number of hydrogen-bond acceptors (Lipinski definition) is 6. The van der Waals surface area contributed by atoms with Crippen LogP contribution in [0.15, 0.2) is 28.9 Å². The van der Waals surface area contributed by atoms with E-state index >= 15 is 0 Å². The van der Waals surface area contributed by atoms with Crippen LogP contribution in [0.25, 0.3) is 11.0 Å². The van der Waals surface area contributed by atoms with E-state index in [9.17, 15) is 4.79 Å². The first-order chi connectivity index (χ1) is 11.2. The number of hydrogen-bond donors (Lipinski definition) is 1. The lowest BCUT2D eigenvalue weighted by Crippen LogP contribution is -2.13. The van der Waals surface area contributed by atoms with E-state index in [0.29, 0.717) is 10.7 Å². The van der Waals surface area contributed by atoms with E-state index < -0.39 is 0 Å². The van der Waals surface area contributed by atoms with Crippen molar-refractivity contribution in [2.24, 2.45) is 0 Å². The molecule has 0 saturated carbocycles. The van der Waals surface area contributed by atoms with Gasteiger partial charge < -0.3 is 14.5 Å². The van der Waals surface area contributed by atoms with Gasteiger partial charge in [0.15, 0.2) is 0 Å². The third-order valence-electron chi connectivity index (χ3n) is 3.39. The first kappa shape index (κ1) is 15.5. The number of amides is 1. The molecule has 7 heteroatoms. The Bertz CT molecular complexity index is 825. The van der Waals surface area contributed by atoms with E-state index in [2.05, 4.69) is 22.4 Å². The molecular weight excluding hydrogens is 314 g/mol. The molecule has 1 aromatic carbocycles. The number of rotatable bonds is 6. The van der Waals surface area contributed by atoms with Gasteiger partial charge in [0.2, 0.25) is 11.0 Å². The molecule has 6 nitrogen and oxygen atoms in total. The summed E-state index contributed by atoms with van der Waals surface area (Å²) in [7, 11) is 1.60. The number of nitrogens with one attached hydrogen (secondary N) is 1. The van der Waals surface area contributed by atoms with Gasteiger partial charge in [-0.2, -0.15) is 0 Å². The molecule has 0 fully saturated rings. The highest BCUT2D eigenvalue weighted by Gasteiger charge is 2.13. The van der Waals surface area contributed by atoms with Gasteiger partial charge in [0, 0.05) is 23.4 Å². The summed E-state index contributed by atoms with van der Waals surface area (Å²) in [5.74, 6) is 0.586. The van der Waals surface area contributed by atoms with Crippen molar-refractivity contribution < 1.29 is 13.9 Å². The lowest BCUT2D eigenvalue weighted by molar-refractivity contribution is -0.115. The number of carbonyl (C=O) groups excluding carboxylic acids is 1. The molecule has 2 heterocycles. The van der Waals surface area contributed by atoms with Crippen molar-refractivity contribution in [2.75, 3.05) is 12.4 Å². The largest absolute Gasteiger partial charge is 0.497 e. The highest BCUT2D eigenvalue weighted by Crippen LogP contribution is 2.26. The lowest BCUT2D eigenvalue weighted by Gasteiger charge is -2.01. The Morgan fingerprint density at radius 3 is 3.04 bits per heavy atom. The number of fused-ring (bicyclic) bond motifs is 1. The average molecular weight is 331 g/mol. The van der Waals surface area contributed by atoms with Crippen molar-refractivity contribution >= 4 is 33.3 Å². The summed E-state index contributed by atoms with van der Waals surface area (Å²) in [6.07, 6.45) is 3.71. The maximum atomic E-state index is 12.2. The fraction of sp³-hybridized carbons (Fsp3) is 0.312. The monoisotopic (exact) mass is 331 g/mol. The first-order valence-corrected chi connectivity index (χ1v) is 8.17. The molecule has 3 rings (SSSR count). The quantitative estimate of drug-likeness (QED) is 0.749. The van der Waals surface area contributed by atoms with Gasteiger partial charge in [-0.15, -0.1) is 10.2 Å². The van der Waals surface area contributed by atoms with E-state index in [1.54, 1.807) is 19.4 Å². The Balaban J connectivity index is 1.69. The highest BCUT2D eigenvalue weighted by atomic mass is 32.1. The highest BCUT2D eigenvalue weighted by molar-refractivity contribution is 7.15. The van der Waals surface area contributed by atoms with Crippen LogP contribution in [0.2, 0.25) is 0 Å². The predicted molar refractivity (Wildman–Crippen MR) is 89.0 cm³/mol. The molecule has 1 amide bonds. The van der Waals surface area contributed by atoms with Crippen LogP contribution >= 0.6 is 11.3 Å². The number of nitrogens with zero attached hydrogens (tertiary/aromatic N) is 2. The molecule has 23 heavy (non-hydrogen) atoms. The van der Waals surface area contributed by atoms with Crippen molar-refractivity contribution in [1.82, 2.24) is 10.2 Å². The maximum Gasteiger partial charge on any atom is 0.230 e. The number of aromatic nitrogens is 2. The van der Waals surface area contributed by atoms with Crippen LogP contribution in [0.1, 0.15) is 23.9 Å². The molecule has 1 N–H and O–H groups in total. The molecule has 0 saturated heterocycles. The van der Waals surface area contributed by atoms with Crippen molar-refractivity contribution in [3.63, 3.8) is 0 Å². The molecule has 0 bridgehead atoms. The normalized spacial score (nSPS) is 10.9. The molecule has 0 atom stereocenters. The standard InChI is InChI=1S/C16H17N3O3S/c1-3-4-15-18-19-16(23-15)17-14(20)7-10-9-22-13-8-11(21-2)5-6-12(10)13/h5-6,8-9H,3-4,7H2,1-2H3,(H,17,19,20). The van der Waals surface area contributed by atoms with Crippen molar-refractivity contribution in [2.45, 2.75) is 26.2 Å². The van der Waals surface area contributed by atoms with Gasteiger partial charge in [-0.3, -0.25) is 4.79 Å². The molecule has 120 valence electrons. The zero-order valence-electron chi connectivity index (χ0n) is 13.0. The van der Waals surface area contributed by atoms with E-state index in [4.69, 9.17) is 9.15 Å². The van der Waals surface area contributed by atoms with Crippen molar-refractivity contribution in [3.05, 3.63) is 35.0 Å². The average Bonchev–Trinajstić information content (AvgIpc) is 3.14. The van der Waals surface area contributed by atoms with Gasteiger partial charge in [-0.25, -0.2) is 0 Å². The number of carbonyl (C=O) groups is 1. The Hall–Kier alpha value is -2.41. The number of anilines is 1. The molecule has 0 spiro atoms. The van der Waals surface area contributed by atoms with Crippen LogP contribution in [-0.2, 0) is 17.6 Å². The number of furan rings is 1. The molecule has 0 unspecified atom stereocenters. The number of ether oxygens (including phenoxy) is 1. The molecular formula is C16H17N3O3S. The van der Waals surface area contributed by atoms with E-state index in [1.807, 2.05) is 12.1 Å². The van der Waals surface area contributed by atoms with Crippen LogP contribution in [0.5, 0.6) is 5.75 Å². The van der Waals surface area contributed by atoms with Crippen LogP contribution in [0.4, 0.5) is 5.13 Å². The smallest absolute Gasteiger partial charge is 0.230 e. The second-order valence-electron chi connectivity index (χ2n) is 5.10. The zero-order chi connectivity index (χ0) is 16.2. The third kappa shape index (κ3) is 3.50. The summed E-state index contributed by atoms with van der Waals surface area (Å²) >= 11 is 1.41. The Labute approximate surface area is 137 Å². The summed E-state index contributed by atoms with van der Waals surface area (Å²) in [6.45, 7) is 2.08. The van der Waals surface area contributed by atoms with Crippen LogP contribution in [0.3, 0.4) is 0 Å². The second kappa shape index (κ2) is 6.78. The Morgan fingerprint density at radius 1 is 1.39 bits per heavy atom. The van der Waals surface area contributed by atoms with E-state index in [0.717, 1.165) is 34.5 Å². The van der Waals surface area contributed by atoms with Gasteiger partial charge in [-0.05, 0) is 18.6 Å². The van der Waals surface area contributed by atoms with E-state index in [1.165, 1.54) is 11.3 Å². The summed E-state index contributed by atoms with van der Waals surface area (Å²) < 4.78 is 10.7. The van der Waals surface area contributed by atoms with Crippen molar-refractivity contribution in [1.29, 1.82) is 0 Å². The molecule has 0 aliphatic heterocycles. The van der Waals surface area contributed by atoms with Gasteiger partial charge in [0.1, 0.15) is 16.3 Å². The minimum Gasteiger partial charge on any atom is -0.497 e. The first-order valence-electron chi connectivity index (χ1n) is 7.36. The SMILES string of the molecule is CCCc1nnc(NC(=O)Cc2coc3cc(OC)ccc23)s1. The van der Waals surface area contributed by atoms with Gasteiger partial charge in [-0.1, -0.05) is 18.3 Å². The van der Waals surface area contributed by atoms with Crippen LogP contribution in [0, 0.1) is 0 Å². The Morgan fingerprint density at radius 2 is 2.26 bits per heavy atom. The van der Waals surface area contributed by atoms with E-state index in [-0.39, 0.29) is 12.3 Å². The van der Waals surface area contributed by atoms with Crippen LogP contribution < -0.4 is 10.1 Å². The lowest BCUT2D eigenvalue weighted by atomic mass is 10.1. The number of aryl methyl sites for hydroxylation is 1.